The smallest absolute Gasteiger partial charge is 0.246 e. The number of carbonyl (C=O) groups excluding carboxylic acids is 1. The van der Waals surface area contributed by atoms with Gasteiger partial charge in [-0.2, -0.15) is 0 Å². The number of aryl methyl sites for hydroxylation is 1. The van der Waals surface area contributed by atoms with Gasteiger partial charge in [0, 0.05) is 22.3 Å². The lowest BCUT2D eigenvalue weighted by atomic mass is 9.97. The lowest BCUT2D eigenvalue weighted by Crippen LogP contribution is -2.32. The van der Waals surface area contributed by atoms with Crippen LogP contribution in [0.4, 0.5) is 11.4 Å². The fraction of sp³-hybridized carbons (Fsp3) is 0.304. The molecular formula is C23H27N3OS. The molecule has 0 bridgehead atoms. The Morgan fingerprint density at radius 2 is 1.82 bits per heavy atom. The molecule has 1 amide bonds. The standard InChI is InChI=1S/C23H27N3OS/c1-5-15(2)20-8-6-7-9-21(20)26-23(27)16(3)24-19-12-10-18(11-13-19)22-14-28-17(4)25-22/h6-16,24H,5H2,1-4H3,(H,26,27)/t15-,16-/m1/s1. The van der Waals surface area contributed by atoms with Gasteiger partial charge in [0.1, 0.15) is 6.04 Å². The van der Waals surface area contributed by atoms with E-state index in [-0.39, 0.29) is 11.9 Å². The minimum atomic E-state index is -0.350. The summed E-state index contributed by atoms with van der Waals surface area (Å²) in [5.74, 6) is 0.358. The number of amides is 1. The minimum Gasteiger partial charge on any atom is -0.374 e. The van der Waals surface area contributed by atoms with E-state index >= 15 is 0 Å². The number of carbonyl (C=O) groups is 1. The Morgan fingerprint density at radius 3 is 2.46 bits per heavy atom. The molecule has 0 aliphatic rings. The molecule has 146 valence electrons. The van der Waals surface area contributed by atoms with Crippen LogP contribution in [0.1, 0.15) is 43.7 Å². The quantitative estimate of drug-likeness (QED) is 0.512. The Kier molecular flexibility index (Phi) is 6.47. The zero-order valence-corrected chi connectivity index (χ0v) is 17.6. The van der Waals surface area contributed by atoms with E-state index in [4.69, 9.17) is 0 Å². The summed E-state index contributed by atoms with van der Waals surface area (Å²) in [4.78, 5) is 17.2. The molecule has 0 saturated carbocycles. The maximum absolute atomic E-state index is 12.7. The SMILES string of the molecule is CC[C@@H](C)c1ccccc1NC(=O)[C@@H](C)Nc1ccc(-c2csc(C)n2)cc1. The third kappa shape index (κ3) is 4.78. The van der Waals surface area contributed by atoms with Crippen molar-refractivity contribution in [3.05, 3.63) is 64.5 Å². The number of hydrogen-bond donors (Lipinski definition) is 2. The predicted molar refractivity (Wildman–Crippen MR) is 119 cm³/mol. The Morgan fingerprint density at radius 1 is 1.11 bits per heavy atom. The fourth-order valence-electron chi connectivity index (χ4n) is 3.05. The van der Waals surface area contributed by atoms with Crippen molar-refractivity contribution in [2.75, 3.05) is 10.6 Å². The maximum atomic E-state index is 12.7. The van der Waals surface area contributed by atoms with Crippen molar-refractivity contribution >= 4 is 28.6 Å². The highest BCUT2D eigenvalue weighted by atomic mass is 32.1. The van der Waals surface area contributed by atoms with Gasteiger partial charge in [0.25, 0.3) is 0 Å². The van der Waals surface area contributed by atoms with Crippen LogP contribution in [0, 0.1) is 6.92 Å². The molecule has 0 spiro atoms. The van der Waals surface area contributed by atoms with E-state index < -0.39 is 0 Å². The Balaban J connectivity index is 1.65. The molecule has 2 aromatic carbocycles. The monoisotopic (exact) mass is 393 g/mol. The molecule has 1 aromatic heterocycles. The number of hydrogen-bond acceptors (Lipinski definition) is 4. The first-order valence-electron chi connectivity index (χ1n) is 9.66. The summed E-state index contributed by atoms with van der Waals surface area (Å²) in [6.45, 7) is 8.21. The van der Waals surface area contributed by atoms with Crippen molar-refractivity contribution in [1.29, 1.82) is 0 Å². The van der Waals surface area contributed by atoms with Gasteiger partial charge in [-0.15, -0.1) is 11.3 Å². The third-order valence-electron chi connectivity index (χ3n) is 4.94. The zero-order valence-electron chi connectivity index (χ0n) is 16.8. The van der Waals surface area contributed by atoms with Crippen molar-refractivity contribution < 1.29 is 4.79 Å². The molecule has 3 rings (SSSR count). The number of anilines is 2. The van der Waals surface area contributed by atoms with E-state index in [0.717, 1.165) is 34.1 Å². The van der Waals surface area contributed by atoms with Crippen molar-refractivity contribution in [3.8, 4) is 11.3 Å². The third-order valence-corrected chi connectivity index (χ3v) is 5.71. The average Bonchev–Trinajstić information content (AvgIpc) is 3.14. The number of nitrogens with one attached hydrogen (secondary N) is 2. The van der Waals surface area contributed by atoms with E-state index in [2.05, 4.69) is 40.9 Å². The van der Waals surface area contributed by atoms with Crippen LogP contribution in [-0.2, 0) is 4.79 Å². The molecular weight excluding hydrogens is 366 g/mol. The van der Waals surface area contributed by atoms with E-state index in [1.165, 1.54) is 5.56 Å². The predicted octanol–water partition coefficient (Wildman–Crippen LogP) is 6.07. The first-order chi connectivity index (χ1) is 13.5. The van der Waals surface area contributed by atoms with Gasteiger partial charge in [0.15, 0.2) is 0 Å². The van der Waals surface area contributed by atoms with Crippen LogP contribution in [0.15, 0.2) is 53.9 Å². The highest BCUT2D eigenvalue weighted by Crippen LogP contribution is 2.27. The number of thiazole rings is 1. The molecule has 28 heavy (non-hydrogen) atoms. The molecule has 0 aliphatic heterocycles. The summed E-state index contributed by atoms with van der Waals surface area (Å²) in [5.41, 5.74) is 5.04. The van der Waals surface area contributed by atoms with Gasteiger partial charge in [0.05, 0.1) is 10.7 Å². The second kappa shape index (κ2) is 9.02. The van der Waals surface area contributed by atoms with Crippen molar-refractivity contribution in [1.82, 2.24) is 4.98 Å². The number of nitrogens with zero attached hydrogens (tertiary/aromatic N) is 1. The molecule has 5 heteroatoms. The lowest BCUT2D eigenvalue weighted by Gasteiger charge is -2.19. The van der Waals surface area contributed by atoms with Crippen LogP contribution in [0.2, 0.25) is 0 Å². The van der Waals surface area contributed by atoms with Gasteiger partial charge in [-0.1, -0.05) is 44.2 Å². The Bertz CT molecular complexity index is 933. The summed E-state index contributed by atoms with van der Waals surface area (Å²) in [5, 5.41) is 9.47. The van der Waals surface area contributed by atoms with Gasteiger partial charge in [-0.25, -0.2) is 4.98 Å². The summed E-state index contributed by atoms with van der Waals surface area (Å²) in [6.07, 6.45) is 1.03. The first-order valence-corrected chi connectivity index (χ1v) is 10.5. The van der Waals surface area contributed by atoms with Crippen LogP contribution in [0.5, 0.6) is 0 Å². The van der Waals surface area contributed by atoms with Crippen LogP contribution < -0.4 is 10.6 Å². The lowest BCUT2D eigenvalue weighted by molar-refractivity contribution is -0.116. The number of para-hydroxylation sites is 1. The molecule has 0 aliphatic carbocycles. The van der Waals surface area contributed by atoms with Crippen LogP contribution in [0.3, 0.4) is 0 Å². The van der Waals surface area contributed by atoms with Gasteiger partial charge >= 0.3 is 0 Å². The van der Waals surface area contributed by atoms with Gasteiger partial charge in [0.2, 0.25) is 5.91 Å². The largest absolute Gasteiger partial charge is 0.374 e. The number of benzene rings is 2. The molecule has 2 N–H and O–H groups in total. The highest BCUT2D eigenvalue weighted by molar-refractivity contribution is 7.09. The van der Waals surface area contributed by atoms with Crippen molar-refractivity contribution in [3.63, 3.8) is 0 Å². The number of aromatic nitrogens is 1. The van der Waals surface area contributed by atoms with E-state index in [1.54, 1.807) is 11.3 Å². The second-order valence-electron chi connectivity index (χ2n) is 7.08. The van der Waals surface area contributed by atoms with E-state index in [0.29, 0.717) is 5.92 Å². The molecule has 0 unspecified atom stereocenters. The van der Waals surface area contributed by atoms with Crippen LogP contribution in [0.25, 0.3) is 11.3 Å². The summed E-state index contributed by atoms with van der Waals surface area (Å²) in [7, 11) is 0. The van der Waals surface area contributed by atoms with Gasteiger partial charge in [-0.05, 0) is 49.9 Å². The topological polar surface area (TPSA) is 54.0 Å². The van der Waals surface area contributed by atoms with Crippen molar-refractivity contribution in [2.24, 2.45) is 0 Å². The van der Waals surface area contributed by atoms with Crippen LogP contribution >= 0.6 is 11.3 Å². The molecule has 4 nitrogen and oxygen atoms in total. The highest BCUT2D eigenvalue weighted by Gasteiger charge is 2.16. The molecule has 2 atom stereocenters. The fourth-order valence-corrected chi connectivity index (χ4v) is 3.67. The van der Waals surface area contributed by atoms with Gasteiger partial charge in [-0.3, -0.25) is 4.79 Å². The summed E-state index contributed by atoms with van der Waals surface area (Å²) in [6, 6.07) is 15.7. The molecule has 0 radical (unpaired) electrons. The molecule has 0 saturated heterocycles. The molecule has 0 fully saturated rings. The number of rotatable bonds is 7. The van der Waals surface area contributed by atoms with Crippen molar-refractivity contribution in [2.45, 2.75) is 46.1 Å². The first kappa shape index (κ1) is 20.1. The minimum absolute atomic E-state index is 0.0463. The zero-order chi connectivity index (χ0) is 20.1. The maximum Gasteiger partial charge on any atom is 0.246 e. The Labute approximate surface area is 171 Å². The summed E-state index contributed by atoms with van der Waals surface area (Å²) >= 11 is 1.64. The molecule has 3 aromatic rings. The average molecular weight is 394 g/mol. The van der Waals surface area contributed by atoms with Gasteiger partial charge < -0.3 is 10.6 Å². The Hall–Kier alpha value is -2.66. The normalized spacial score (nSPS) is 13.0. The molecule has 1 heterocycles. The van der Waals surface area contributed by atoms with Crippen LogP contribution in [-0.4, -0.2) is 16.9 Å². The van der Waals surface area contributed by atoms with E-state index in [1.807, 2.05) is 56.3 Å². The second-order valence-corrected chi connectivity index (χ2v) is 8.14. The summed E-state index contributed by atoms with van der Waals surface area (Å²) < 4.78 is 0. The van der Waals surface area contributed by atoms with E-state index in [9.17, 15) is 4.79 Å².